The Morgan fingerprint density at radius 1 is 1.00 bits per heavy atom. The number of sulfonamides is 1. The highest BCUT2D eigenvalue weighted by atomic mass is 79.9. The molecule has 0 aliphatic heterocycles. The first-order valence-corrected chi connectivity index (χ1v) is 11.0. The van der Waals surface area contributed by atoms with Crippen LogP contribution in [0.2, 0.25) is 0 Å². The summed E-state index contributed by atoms with van der Waals surface area (Å²) in [5, 5.41) is 18.2. The lowest BCUT2D eigenvalue weighted by atomic mass is 10.2. The van der Waals surface area contributed by atoms with E-state index < -0.39 is 10.0 Å². The Kier molecular flexibility index (Phi) is 6.46. The molecule has 8 heteroatoms. The Morgan fingerprint density at radius 3 is 2.31 bits per heavy atom. The number of phenols is 1. The van der Waals surface area contributed by atoms with Crippen molar-refractivity contribution in [2.24, 2.45) is 10.2 Å². The molecule has 0 fully saturated rings. The molecule has 0 atom stereocenters. The van der Waals surface area contributed by atoms with Gasteiger partial charge in [-0.05, 0) is 54.4 Å². The molecular weight excluding hydrogens is 454 g/mol. The molecule has 150 valence electrons. The molecule has 0 saturated carbocycles. The Morgan fingerprint density at radius 2 is 1.66 bits per heavy atom. The van der Waals surface area contributed by atoms with E-state index in [2.05, 4.69) is 26.2 Å². The summed E-state index contributed by atoms with van der Waals surface area (Å²) in [6.07, 6.45) is 0. The minimum absolute atomic E-state index is 0.0543. The number of phenolic OH excluding ortho intramolecular Hbond substituents is 1. The van der Waals surface area contributed by atoms with Gasteiger partial charge in [0.2, 0.25) is 10.0 Å². The maximum atomic E-state index is 12.8. The molecule has 6 nitrogen and oxygen atoms in total. The van der Waals surface area contributed by atoms with Crippen molar-refractivity contribution in [3.63, 3.8) is 0 Å². The maximum absolute atomic E-state index is 12.8. The van der Waals surface area contributed by atoms with Crippen LogP contribution in [0.3, 0.4) is 0 Å². The Balaban J connectivity index is 1.77. The van der Waals surface area contributed by atoms with E-state index in [1.54, 1.807) is 38.2 Å². The molecule has 0 bridgehead atoms. The van der Waals surface area contributed by atoms with Crippen molar-refractivity contribution in [3.05, 3.63) is 82.3 Å². The largest absolute Gasteiger partial charge is 0.505 e. The monoisotopic (exact) mass is 473 g/mol. The molecule has 0 spiro atoms. The number of benzene rings is 3. The predicted molar refractivity (Wildman–Crippen MR) is 116 cm³/mol. The first kappa shape index (κ1) is 21.2. The van der Waals surface area contributed by atoms with E-state index in [0.717, 1.165) is 10.0 Å². The van der Waals surface area contributed by atoms with Crippen molar-refractivity contribution in [1.82, 2.24) is 4.31 Å². The second-order valence-electron chi connectivity index (χ2n) is 6.53. The number of nitrogens with zero attached hydrogens (tertiary/aromatic N) is 3. The van der Waals surface area contributed by atoms with E-state index >= 15 is 0 Å². The van der Waals surface area contributed by atoms with Gasteiger partial charge < -0.3 is 5.11 Å². The Hall–Kier alpha value is -2.55. The van der Waals surface area contributed by atoms with Gasteiger partial charge in [0.1, 0.15) is 11.4 Å². The standard InChI is InChI=1S/C21H20BrN3O3S/c1-15-12-17(22)13-20(21(15)26)24-23-18-8-10-19(11-9-18)29(27,28)25(2)14-16-6-4-3-5-7-16/h3-13,26H,14H2,1-2H3. The summed E-state index contributed by atoms with van der Waals surface area (Å²) in [6.45, 7) is 2.05. The van der Waals surface area contributed by atoms with Crippen LogP contribution in [-0.2, 0) is 16.6 Å². The maximum Gasteiger partial charge on any atom is 0.243 e. The van der Waals surface area contributed by atoms with Crippen LogP contribution in [-0.4, -0.2) is 24.9 Å². The van der Waals surface area contributed by atoms with Gasteiger partial charge >= 0.3 is 0 Å². The number of azo groups is 1. The summed E-state index contributed by atoms with van der Waals surface area (Å²) in [7, 11) is -2.07. The molecule has 3 aromatic carbocycles. The molecule has 0 aromatic heterocycles. The summed E-state index contributed by atoms with van der Waals surface area (Å²) >= 11 is 3.36. The van der Waals surface area contributed by atoms with E-state index in [0.29, 0.717) is 16.9 Å². The lowest BCUT2D eigenvalue weighted by Crippen LogP contribution is -2.26. The van der Waals surface area contributed by atoms with Crippen molar-refractivity contribution >= 4 is 37.3 Å². The van der Waals surface area contributed by atoms with E-state index in [9.17, 15) is 13.5 Å². The second kappa shape index (κ2) is 8.86. The SMILES string of the molecule is Cc1cc(Br)cc(N=Nc2ccc(S(=O)(=O)N(C)Cc3ccccc3)cc2)c1O. The fraction of sp³-hybridized carbons (Fsp3) is 0.143. The van der Waals surface area contributed by atoms with Gasteiger partial charge in [-0.15, -0.1) is 5.11 Å². The molecule has 0 aliphatic rings. The lowest BCUT2D eigenvalue weighted by molar-refractivity contribution is 0.466. The Bertz CT molecular complexity index is 1130. The van der Waals surface area contributed by atoms with Crippen LogP contribution in [0, 0.1) is 6.92 Å². The number of rotatable bonds is 6. The molecule has 0 heterocycles. The Labute approximate surface area is 178 Å². The van der Waals surface area contributed by atoms with Crippen LogP contribution in [0.1, 0.15) is 11.1 Å². The number of aromatic hydroxyl groups is 1. The second-order valence-corrected chi connectivity index (χ2v) is 9.49. The molecular formula is C21H20BrN3O3S. The van der Waals surface area contributed by atoms with Crippen LogP contribution in [0.25, 0.3) is 0 Å². The quantitative estimate of drug-likeness (QED) is 0.466. The van der Waals surface area contributed by atoms with Crippen molar-refractivity contribution in [2.75, 3.05) is 7.05 Å². The fourth-order valence-corrected chi connectivity index (χ4v) is 4.42. The van der Waals surface area contributed by atoms with Crippen molar-refractivity contribution in [1.29, 1.82) is 0 Å². The van der Waals surface area contributed by atoms with Gasteiger partial charge in [-0.2, -0.15) is 9.42 Å². The molecule has 0 saturated heterocycles. The van der Waals surface area contributed by atoms with Gasteiger partial charge in [0.25, 0.3) is 0 Å². The number of hydrogen-bond acceptors (Lipinski definition) is 5. The average molecular weight is 474 g/mol. The van der Waals surface area contributed by atoms with Gasteiger partial charge in [-0.1, -0.05) is 46.3 Å². The summed E-state index contributed by atoms with van der Waals surface area (Å²) in [4.78, 5) is 0.177. The van der Waals surface area contributed by atoms with Gasteiger partial charge in [0.15, 0.2) is 0 Å². The van der Waals surface area contributed by atoms with Crippen molar-refractivity contribution in [2.45, 2.75) is 18.4 Å². The predicted octanol–water partition coefficient (Wildman–Crippen LogP) is 5.70. The van der Waals surface area contributed by atoms with Crippen LogP contribution in [0.5, 0.6) is 5.75 Å². The highest BCUT2D eigenvalue weighted by Crippen LogP contribution is 2.34. The van der Waals surface area contributed by atoms with Gasteiger partial charge in [-0.25, -0.2) is 8.42 Å². The van der Waals surface area contributed by atoms with Crippen LogP contribution in [0.4, 0.5) is 11.4 Å². The average Bonchev–Trinajstić information content (AvgIpc) is 2.70. The zero-order chi connectivity index (χ0) is 21.0. The highest BCUT2D eigenvalue weighted by molar-refractivity contribution is 9.10. The summed E-state index contributed by atoms with van der Waals surface area (Å²) < 4.78 is 27.6. The summed E-state index contributed by atoms with van der Waals surface area (Å²) in [6, 6.07) is 19.0. The molecule has 1 N–H and O–H groups in total. The van der Waals surface area contributed by atoms with Crippen LogP contribution >= 0.6 is 15.9 Å². The fourth-order valence-electron chi connectivity index (χ4n) is 2.70. The molecule has 0 amide bonds. The number of halogens is 1. The zero-order valence-electron chi connectivity index (χ0n) is 15.9. The molecule has 3 aromatic rings. The number of aryl methyl sites for hydroxylation is 1. The van der Waals surface area contributed by atoms with E-state index in [4.69, 9.17) is 0 Å². The third kappa shape index (κ3) is 5.09. The highest BCUT2D eigenvalue weighted by Gasteiger charge is 2.20. The third-order valence-corrected chi connectivity index (χ3v) is 6.59. The van der Waals surface area contributed by atoms with Gasteiger partial charge in [-0.3, -0.25) is 0 Å². The molecule has 3 rings (SSSR count). The first-order valence-electron chi connectivity index (χ1n) is 8.78. The summed E-state index contributed by atoms with van der Waals surface area (Å²) in [5.41, 5.74) is 2.40. The first-order chi connectivity index (χ1) is 13.8. The molecule has 0 aliphatic carbocycles. The molecule has 29 heavy (non-hydrogen) atoms. The van der Waals surface area contributed by atoms with E-state index in [1.807, 2.05) is 30.3 Å². The molecule has 0 radical (unpaired) electrons. The van der Waals surface area contributed by atoms with Crippen LogP contribution < -0.4 is 0 Å². The van der Waals surface area contributed by atoms with E-state index in [1.165, 1.54) is 16.4 Å². The van der Waals surface area contributed by atoms with Gasteiger partial charge in [0.05, 0.1) is 10.6 Å². The van der Waals surface area contributed by atoms with Crippen molar-refractivity contribution < 1.29 is 13.5 Å². The third-order valence-electron chi connectivity index (χ3n) is 4.31. The topological polar surface area (TPSA) is 82.3 Å². The van der Waals surface area contributed by atoms with Gasteiger partial charge in [0, 0.05) is 18.1 Å². The van der Waals surface area contributed by atoms with Crippen molar-refractivity contribution in [3.8, 4) is 5.75 Å². The smallest absolute Gasteiger partial charge is 0.243 e. The van der Waals surface area contributed by atoms with Crippen LogP contribution in [0.15, 0.2) is 86.3 Å². The normalized spacial score (nSPS) is 12.0. The number of hydrogen-bond donors (Lipinski definition) is 1. The minimum Gasteiger partial charge on any atom is -0.505 e. The zero-order valence-corrected chi connectivity index (χ0v) is 18.4. The summed E-state index contributed by atoms with van der Waals surface area (Å²) in [5.74, 6) is 0.0543. The van der Waals surface area contributed by atoms with E-state index in [-0.39, 0.29) is 17.2 Å². The molecule has 0 unspecified atom stereocenters. The minimum atomic E-state index is -3.62. The lowest BCUT2D eigenvalue weighted by Gasteiger charge is -2.17.